The summed E-state index contributed by atoms with van der Waals surface area (Å²) in [6.07, 6.45) is 4.64. The molecule has 1 aliphatic rings. The van der Waals surface area contributed by atoms with Gasteiger partial charge in [-0.1, -0.05) is 18.6 Å². The molecule has 164 valence electrons. The normalized spacial score (nSPS) is 13.7. The van der Waals surface area contributed by atoms with Crippen molar-refractivity contribution in [3.63, 3.8) is 0 Å². The molecule has 0 saturated heterocycles. The summed E-state index contributed by atoms with van der Waals surface area (Å²) in [5, 5.41) is 16.6. The van der Waals surface area contributed by atoms with Crippen molar-refractivity contribution in [3.8, 4) is 5.75 Å². The molecule has 8 nitrogen and oxygen atoms in total. The van der Waals surface area contributed by atoms with E-state index < -0.39 is 17.8 Å². The molecule has 1 aliphatic carbocycles. The molecule has 0 spiro atoms. The molecule has 0 aliphatic heterocycles. The van der Waals surface area contributed by atoms with Gasteiger partial charge in [-0.05, 0) is 57.2 Å². The molecule has 1 aromatic heterocycles. The standard InChI is InChI=1S/C22H25N3O5S/c1-3-30-22(29)18-15-10-5-4-6-12-17(15)31-21(18)23-19(27)20(28)25-24-13(2)14-9-7-8-11-16(14)26/h7-9,11,26H,3-6,10,12H2,1-2H3,(H,23,27)(H,25,28)/b24-13+. The number of aromatic hydroxyl groups is 1. The van der Waals surface area contributed by atoms with Gasteiger partial charge in [0.15, 0.2) is 0 Å². The van der Waals surface area contributed by atoms with Gasteiger partial charge >= 0.3 is 17.8 Å². The molecule has 0 atom stereocenters. The number of nitrogens with one attached hydrogen (secondary N) is 2. The van der Waals surface area contributed by atoms with E-state index in [-0.39, 0.29) is 12.4 Å². The fraction of sp³-hybridized carbons (Fsp3) is 0.364. The summed E-state index contributed by atoms with van der Waals surface area (Å²) in [6, 6.07) is 6.54. The predicted molar refractivity (Wildman–Crippen MR) is 119 cm³/mol. The molecule has 2 aromatic rings. The van der Waals surface area contributed by atoms with Crippen LogP contribution in [0, 0.1) is 0 Å². The number of ether oxygens (including phenoxy) is 1. The second-order valence-corrected chi connectivity index (χ2v) is 8.20. The third-order valence-electron chi connectivity index (χ3n) is 4.95. The largest absolute Gasteiger partial charge is 0.507 e. The third-order valence-corrected chi connectivity index (χ3v) is 6.16. The highest BCUT2D eigenvalue weighted by atomic mass is 32.1. The summed E-state index contributed by atoms with van der Waals surface area (Å²) in [5.41, 5.74) is 4.22. The minimum Gasteiger partial charge on any atom is -0.507 e. The quantitative estimate of drug-likeness (QED) is 0.215. The lowest BCUT2D eigenvalue weighted by Crippen LogP contribution is -2.33. The second-order valence-electron chi connectivity index (χ2n) is 7.10. The highest BCUT2D eigenvalue weighted by molar-refractivity contribution is 7.17. The Hall–Kier alpha value is -3.20. The molecule has 3 rings (SSSR count). The SMILES string of the molecule is CCOC(=O)c1c(NC(=O)C(=O)N/N=C(\C)c2ccccc2O)sc2c1CCCCC2. The van der Waals surface area contributed by atoms with Crippen LogP contribution in [0.4, 0.5) is 5.00 Å². The van der Waals surface area contributed by atoms with E-state index in [1.807, 2.05) is 0 Å². The topological polar surface area (TPSA) is 117 Å². The van der Waals surface area contributed by atoms with Crippen LogP contribution in [0.3, 0.4) is 0 Å². The molecule has 0 radical (unpaired) electrons. The Morgan fingerprint density at radius 1 is 1.13 bits per heavy atom. The van der Waals surface area contributed by atoms with Crippen LogP contribution >= 0.6 is 11.3 Å². The maximum absolute atomic E-state index is 12.6. The summed E-state index contributed by atoms with van der Waals surface area (Å²) in [4.78, 5) is 38.3. The Morgan fingerprint density at radius 3 is 2.61 bits per heavy atom. The zero-order valence-electron chi connectivity index (χ0n) is 17.5. The van der Waals surface area contributed by atoms with E-state index in [4.69, 9.17) is 4.74 Å². The Balaban J connectivity index is 1.76. The van der Waals surface area contributed by atoms with Gasteiger partial charge in [-0.25, -0.2) is 10.2 Å². The molecule has 1 heterocycles. The van der Waals surface area contributed by atoms with Crippen LogP contribution in [0.1, 0.15) is 59.5 Å². The summed E-state index contributed by atoms with van der Waals surface area (Å²) >= 11 is 1.32. The number of hydrogen-bond acceptors (Lipinski definition) is 7. The van der Waals surface area contributed by atoms with Crippen LogP contribution in [0.15, 0.2) is 29.4 Å². The molecule has 0 unspecified atom stereocenters. The molecule has 0 fully saturated rings. The van der Waals surface area contributed by atoms with Gasteiger partial charge in [0.1, 0.15) is 10.8 Å². The number of aryl methyl sites for hydroxylation is 1. The number of carbonyl (C=O) groups is 3. The van der Waals surface area contributed by atoms with E-state index in [0.717, 1.165) is 42.5 Å². The van der Waals surface area contributed by atoms with Crippen molar-refractivity contribution in [2.75, 3.05) is 11.9 Å². The van der Waals surface area contributed by atoms with Gasteiger partial charge in [0, 0.05) is 10.4 Å². The molecular formula is C22H25N3O5S. The van der Waals surface area contributed by atoms with Crippen LogP contribution in [-0.4, -0.2) is 35.2 Å². The van der Waals surface area contributed by atoms with Gasteiger partial charge in [0.05, 0.1) is 17.9 Å². The number of para-hydroxylation sites is 1. The number of nitrogens with zero attached hydrogens (tertiary/aromatic N) is 1. The molecular weight excluding hydrogens is 418 g/mol. The van der Waals surface area contributed by atoms with Crippen LogP contribution in [-0.2, 0) is 27.2 Å². The number of anilines is 1. The fourth-order valence-electron chi connectivity index (χ4n) is 3.44. The van der Waals surface area contributed by atoms with Crippen molar-refractivity contribution < 1.29 is 24.2 Å². The molecule has 2 amide bonds. The van der Waals surface area contributed by atoms with Gasteiger partial charge in [0.25, 0.3) is 0 Å². The molecule has 3 N–H and O–H groups in total. The average molecular weight is 444 g/mol. The number of rotatable bonds is 5. The number of phenolic OH excluding ortho intramolecular Hbond substituents is 1. The summed E-state index contributed by atoms with van der Waals surface area (Å²) in [5.74, 6) is -2.39. The lowest BCUT2D eigenvalue weighted by molar-refractivity contribution is -0.136. The Kier molecular flexibility index (Phi) is 7.41. The lowest BCUT2D eigenvalue weighted by Gasteiger charge is -2.08. The van der Waals surface area contributed by atoms with Crippen molar-refractivity contribution in [2.24, 2.45) is 5.10 Å². The highest BCUT2D eigenvalue weighted by Gasteiger charge is 2.27. The van der Waals surface area contributed by atoms with Crippen LogP contribution in [0.25, 0.3) is 0 Å². The van der Waals surface area contributed by atoms with E-state index in [1.165, 1.54) is 17.4 Å². The first-order chi connectivity index (χ1) is 14.9. The number of hydrogen-bond donors (Lipinski definition) is 3. The monoisotopic (exact) mass is 443 g/mol. The second kappa shape index (κ2) is 10.2. The predicted octanol–water partition coefficient (Wildman–Crippen LogP) is 3.38. The van der Waals surface area contributed by atoms with Crippen molar-refractivity contribution in [2.45, 2.75) is 46.0 Å². The summed E-state index contributed by atoms with van der Waals surface area (Å²) in [6.45, 7) is 3.54. The molecule has 9 heteroatoms. The van der Waals surface area contributed by atoms with E-state index >= 15 is 0 Å². The van der Waals surface area contributed by atoms with E-state index in [9.17, 15) is 19.5 Å². The van der Waals surface area contributed by atoms with Crippen LogP contribution in [0.5, 0.6) is 5.75 Å². The fourth-order valence-corrected chi connectivity index (χ4v) is 4.71. The number of fused-ring (bicyclic) bond motifs is 1. The number of thiophene rings is 1. The van der Waals surface area contributed by atoms with Crippen LogP contribution in [0.2, 0.25) is 0 Å². The number of hydrazone groups is 1. The smallest absolute Gasteiger partial charge is 0.341 e. The number of benzene rings is 1. The van der Waals surface area contributed by atoms with Gasteiger partial charge < -0.3 is 15.2 Å². The third kappa shape index (κ3) is 5.29. The first-order valence-corrected chi connectivity index (χ1v) is 11.0. The van der Waals surface area contributed by atoms with E-state index in [0.29, 0.717) is 21.8 Å². The van der Waals surface area contributed by atoms with Crippen molar-refractivity contribution in [1.82, 2.24) is 5.43 Å². The molecule has 0 saturated carbocycles. The zero-order chi connectivity index (χ0) is 22.4. The summed E-state index contributed by atoms with van der Waals surface area (Å²) < 4.78 is 5.19. The minimum absolute atomic E-state index is 0.0154. The van der Waals surface area contributed by atoms with Crippen molar-refractivity contribution in [3.05, 3.63) is 45.8 Å². The number of esters is 1. The minimum atomic E-state index is -0.979. The van der Waals surface area contributed by atoms with Crippen molar-refractivity contribution >= 4 is 39.8 Å². The Bertz CT molecular complexity index is 1030. The van der Waals surface area contributed by atoms with Crippen LogP contribution < -0.4 is 10.7 Å². The van der Waals surface area contributed by atoms with E-state index in [2.05, 4.69) is 15.8 Å². The maximum Gasteiger partial charge on any atom is 0.341 e. The molecule has 31 heavy (non-hydrogen) atoms. The maximum atomic E-state index is 12.6. The number of phenols is 1. The Labute approximate surface area is 184 Å². The molecule has 1 aromatic carbocycles. The number of carbonyl (C=O) groups excluding carboxylic acids is 3. The van der Waals surface area contributed by atoms with Crippen molar-refractivity contribution in [1.29, 1.82) is 0 Å². The van der Waals surface area contributed by atoms with Gasteiger partial charge in [0.2, 0.25) is 0 Å². The molecule has 0 bridgehead atoms. The zero-order valence-corrected chi connectivity index (χ0v) is 18.3. The first-order valence-electron chi connectivity index (χ1n) is 10.2. The first kappa shape index (κ1) is 22.5. The van der Waals surface area contributed by atoms with Gasteiger partial charge in [-0.3, -0.25) is 9.59 Å². The average Bonchev–Trinajstić information content (AvgIpc) is 2.92. The van der Waals surface area contributed by atoms with E-state index in [1.54, 1.807) is 32.0 Å². The van der Waals surface area contributed by atoms with Gasteiger partial charge in [-0.2, -0.15) is 5.10 Å². The van der Waals surface area contributed by atoms with Gasteiger partial charge in [-0.15, -0.1) is 11.3 Å². The Morgan fingerprint density at radius 2 is 1.87 bits per heavy atom. The number of amides is 2. The summed E-state index contributed by atoms with van der Waals surface area (Å²) in [7, 11) is 0. The lowest BCUT2D eigenvalue weighted by atomic mass is 10.1. The highest BCUT2D eigenvalue weighted by Crippen LogP contribution is 2.38.